The van der Waals surface area contributed by atoms with Crippen LogP contribution in [-0.4, -0.2) is 4.57 Å². The van der Waals surface area contributed by atoms with E-state index in [2.05, 4.69) is 126 Å². The number of para-hydroxylation sites is 2. The van der Waals surface area contributed by atoms with E-state index in [0.717, 1.165) is 34.8 Å². The van der Waals surface area contributed by atoms with Crippen LogP contribution in [0.2, 0.25) is 0 Å². The van der Waals surface area contributed by atoms with Gasteiger partial charge in [0, 0.05) is 32.6 Å². The highest BCUT2D eigenvalue weighted by molar-refractivity contribution is 6.16. The number of nitrogens with zero attached hydrogens (tertiary/aromatic N) is 1. The van der Waals surface area contributed by atoms with E-state index in [4.69, 9.17) is 4.42 Å². The van der Waals surface area contributed by atoms with Gasteiger partial charge in [0.1, 0.15) is 11.2 Å². The van der Waals surface area contributed by atoms with Crippen LogP contribution in [-0.2, 0) is 5.41 Å². The van der Waals surface area contributed by atoms with Crippen LogP contribution in [0.15, 0.2) is 132 Å². The van der Waals surface area contributed by atoms with Crippen molar-refractivity contribution < 1.29 is 4.42 Å². The number of hydrogen-bond donors (Lipinski definition) is 0. The van der Waals surface area contributed by atoms with Crippen molar-refractivity contribution in [2.75, 3.05) is 0 Å². The summed E-state index contributed by atoms with van der Waals surface area (Å²) in [6.45, 7) is 0. The summed E-state index contributed by atoms with van der Waals surface area (Å²) < 4.78 is 8.85. The zero-order chi connectivity index (χ0) is 31.1. The Kier molecular flexibility index (Phi) is 4.91. The number of aromatic nitrogens is 1. The molecule has 2 nitrogen and oxygen atoms in total. The fraction of sp³-hybridized carbons (Fsp3) is 0.217. The highest BCUT2D eigenvalue weighted by Crippen LogP contribution is 2.69. The quantitative estimate of drug-likeness (QED) is 0.189. The van der Waals surface area contributed by atoms with E-state index in [1.54, 1.807) is 11.1 Å². The number of fused-ring (bicyclic) bond motifs is 9. The minimum absolute atomic E-state index is 0.196. The predicted octanol–water partition coefficient (Wildman–Crippen LogP) is 12.1. The van der Waals surface area contributed by atoms with Gasteiger partial charge in [0.2, 0.25) is 0 Å². The second-order valence-corrected chi connectivity index (χ2v) is 15.3. The summed E-state index contributed by atoms with van der Waals surface area (Å²) in [5.74, 6) is 3.46. The molecule has 48 heavy (non-hydrogen) atoms. The summed E-state index contributed by atoms with van der Waals surface area (Å²) in [7, 11) is 0. The minimum Gasteiger partial charge on any atom is -0.456 e. The average molecular weight is 618 g/mol. The lowest BCUT2D eigenvalue weighted by Crippen LogP contribution is -2.55. The number of furan rings is 1. The zero-order valence-corrected chi connectivity index (χ0v) is 26.8. The van der Waals surface area contributed by atoms with Crippen LogP contribution in [0.25, 0.3) is 71.7 Å². The number of hydrogen-bond acceptors (Lipinski definition) is 1. The Morgan fingerprint density at radius 2 is 1.19 bits per heavy atom. The van der Waals surface area contributed by atoms with Crippen LogP contribution in [0.4, 0.5) is 0 Å². The molecule has 0 amide bonds. The van der Waals surface area contributed by atoms with Crippen molar-refractivity contribution in [1.29, 1.82) is 0 Å². The maximum absolute atomic E-state index is 6.34. The number of benzene rings is 6. The highest BCUT2D eigenvalue weighted by Gasteiger charge is 2.61. The van der Waals surface area contributed by atoms with Gasteiger partial charge in [0.15, 0.2) is 0 Å². The lowest BCUT2D eigenvalue weighted by molar-refractivity contribution is -0.0399. The van der Waals surface area contributed by atoms with Crippen molar-refractivity contribution in [3.05, 3.63) is 139 Å². The summed E-state index contributed by atoms with van der Waals surface area (Å²) in [5, 5.41) is 4.91. The molecule has 5 aliphatic rings. The van der Waals surface area contributed by atoms with Crippen molar-refractivity contribution in [2.45, 2.75) is 37.5 Å². The van der Waals surface area contributed by atoms with Gasteiger partial charge < -0.3 is 8.98 Å². The molecule has 4 saturated carbocycles. The molecule has 2 aromatic heterocycles. The van der Waals surface area contributed by atoms with Gasteiger partial charge in [0.25, 0.3) is 0 Å². The molecule has 5 aliphatic carbocycles. The van der Waals surface area contributed by atoms with Crippen LogP contribution in [0.1, 0.15) is 43.2 Å². The molecule has 0 saturated heterocycles. The molecule has 0 unspecified atom stereocenters. The zero-order valence-electron chi connectivity index (χ0n) is 26.8. The predicted molar refractivity (Wildman–Crippen MR) is 197 cm³/mol. The Hall–Kier alpha value is -5.08. The maximum Gasteiger partial charge on any atom is 0.136 e. The molecule has 2 heterocycles. The van der Waals surface area contributed by atoms with Gasteiger partial charge in [-0.1, -0.05) is 84.9 Å². The van der Waals surface area contributed by atoms with Gasteiger partial charge >= 0.3 is 0 Å². The molecule has 2 heteroatoms. The Labute approximate surface area is 279 Å². The smallest absolute Gasteiger partial charge is 0.136 e. The molecule has 0 radical (unpaired) electrons. The Morgan fingerprint density at radius 3 is 2.06 bits per heavy atom. The SMILES string of the molecule is c1ccc2c(c1)-c1cc(-n3c4ccccc4c4c(-c5ccc6c(c5)oc5ccccc56)cccc43)ccc1C21C2CC3CC(C2)CC1C3. The van der Waals surface area contributed by atoms with Gasteiger partial charge in [-0.05, 0) is 132 Å². The second-order valence-electron chi connectivity index (χ2n) is 15.3. The Balaban J connectivity index is 1.08. The van der Waals surface area contributed by atoms with Gasteiger partial charge in [-0.2, -0.15) is 0 Å². The molecule has 1 spiro atoms. The molecular formula is C46H35NO. The van der Waals surface area contributed by atoms with E-state index in [1.165, 1.54) is 92.6 Å². The first-order valence-electron chi connectivity index (χ1n) is 17.9. The molecule has 0 atom stereocenters. The highest BCUT2D eigenvalue weighted by atomic mass is 16.3. The summed E-state index contributed by atoms with van der Waals surface area (Å²) in [4.78, 5) is 0. The molecule has 230 valence electrons. The largest absolute Gasteiger partial charge is 0.456 e. The molecule has 4 fully saturated rings. The van der Waals surface area contributed by atoms with Gasteiger partial charge in [0.05, 0.1) is 11.0 Å². The fourth-order valence-corrected chi connectivity index (χ4v) is 11.7. The molecule has 6 aromatic carbocycles. The lowest BCUT2D eigenvalue weighted by atomic mass is 9.43. The first kappa shape index (κ1) is 25.9. The normalized spacial score (nSPS) is 25.2. The molecule has 8 aromatic rings. The third-order valence-corrected chi connectivity index (χ3v) is 13.2. The van der Waals surface area contributed by atoms with E-state index in [0.29, 0.717) is 0 Å². The Morgan fingerprint density at radius 1 is 0.500 bits per heavy atom. The van der Waals surface area contributed by atoms with E-state index in [-0.39, 0.29) is 5.41 Å². The third kappa shape index (κ3) is 3.15. The first-order chi connectivity index (χ1) is 23.8. The maximum atomic E-state index is 6.34. The molecule has 13 rings (SSSR count). The number of rotatable bonds is 2. The van der Waals surface area contributed by atoms with Crippen LogP contribution in [0.5, 0.6) is 0 Å². The summed E-state index contributed by atoms with van der Waals surface area (Å²) in [5.41, 5.74) is 14.4. The lowest BCUT2D eigenvalue weighted by Gasteiger charge is -2.61. The van der Waals surface area contributed by atoms with Crippen molar-refractivity contribution in [1.82, 2.24) is 4.57 Å². The van der Waals surface area contributed by atoms with Crippen LogP contribution in [0.3, 0.4) is 0 Å². The molecule has 0 N–H and O–H groups in total. The summed E-state index contributed by atoms with van der Waals surface area (Å²) in [6.07, 6.45) is 7.14. The van der Waals surface area contributed by atoms with Gasteiger partial charge in [-0.3, -0.25) is 0 Å². The topological polar surface area (TPSA) is 18.1 Å². The second kappa shape index (κ2) is 9.08. The van der Waals surface area contributed by atoms with Crippen LogP contribution in [0, 0.1) is 23.7 Å². The van der Waals surface area contributed by atoms with E-state index in [1.807, 2.05) is 6.07 Å². The van der Waals surface area contributed by atoms with E-state index < -0.39 is 0 Å². The molecule has 4 bridgehead atoms. The van der Waals surface area contributed by atoms with Crippen molar-refractivity contribution in [3.63, 3.8) is 0 Å². The Bertz CT molecular complexity index is 2620. The van der Waals surface area contributed by atoms with Crippen molar-refractivity contribution >= 4 is 43.7 Å². The minimum atomic E-state index is 0.196. The first-order valence-corrected chi connectivity index (χ1v) is 17.9. The van der Waals surface area contributed by atoms with Gasteiger partial charge in [-0.15, -0.1) is 0 Å². The molecular weight excluding hydrogens is 583 g/mol. The van der Waals surface area contributed by atoms with E-state index in [9.17, 15) is 0 Å². The van der Waals surface area contributed by atoms with Gasteiger partial charge in [-0.25, -0.2) is 0 Å². The van der Waals surface area contributed by atoms with Crippen molar-refractivity contribution in [3.8, 4) is 27.9 Å². The third-order valence-electron chi connectivity index (χ3n) is 13.2. The van der Waals surface area contributed by atoms with E-state index >= 15 is 0 Å². The summed E-state index contributed by atoms with van der Waals surface area (Å²) in [6, 6.07) is 47.8. The van der Waals surface area contributed by atoms with Crippen molar-refractivity contribution in [2.24, 2.45) is 23.7 Å². The molecule has 0 aliphatic heterocycles. The standard InChI is InChI=1S/C46H35NO/c1-4-12-39-34(8-1)38-26-32(17-19-40(38)46(39)30-21-27-20-28(23-30)24-31(46)22-27)47-41-13-5-2-10-37(41)45-33(11-7-14-42(45)47)29-16-18-36-35-9-3-6-15-43(35)48-44(36)25-29/h1-19,25-28,30-31H,20-24H2. The average Bonchev–Trinajstić information content (AvgIpc) is 3.76. The monoisotopic (exact) mass is 617 g/mol. The fourth-order valence-electron chi connectivity index (χ4n) is 11.7. The van der Waals surface area contributed by atoms with Crippen LogP contribution < -0.4 is 0 Å². The summed E-state index contributed by atoms with van der Waals surface area (Å²) >= 11 is 0. The van der Waals surface area contributed by atoms with Crippen LogP contribution >= 0.6 is 0 Å².